The molecule has 0 unspecified atom stereocenters. The van der Waals surface area contributed by atoms with Crippen LogP contribution in [0.15, 0.2) is 48.5 Å². The van der Waals surface area contributed by atoms with Crippen molar-refractivity contribution in [1.82, 2.24) is 0 Å². The van der Waals surface area contributed by atoms with E-state index in [4.69, 9.17) is 5.11 Å². The van der Waals surface area contributed by atoms with E-state index in [2.05, 4.69) is 29.6 Å². The standard InChI is InChI=1S/C21H21NO3/c23-19(24)12-15-7-2-4-10-18(15)22-20(25)17-13-21(17)11-5-8-14-6-1-3-9-16(14)21/h1-4,6-7,9-10,17H,5,8,11-13H2,(H,22,25)(H,23,24)/t17-,21-/m1/s1. The fourth-order valence-electron chi connectivity index (χ4n) is 4.36. The second-order valence-corrected chi connectivity index (χ2v) is 7.14. The van der Waals surface area contributed by atoms with Crippen LogP contribution >= 0.6 is 0 Å². The summed E-state index contributed by atoms with van der Waals surface area (Å²) >= 11 is 0. The zero-order chi connectivity index (χ0) is 17.4. The number of rotatable bonds is 4. The third kappa shape index (κ3) is 2.82. The van der Waals surface area contributed by atoms with Gasteiger partial charge in [0.15, 0.2) is 0 Å². The summed E-state index contributed by atoms with van der Waals surface area (Å²) in [6.45, 7) is 0. The van der Waals surface area contributed by atoms with Gasteiger partial charge in [0.25, 0.3) is 0 Å². The molecule has 1 amide bonds. The van der Waals surface area contributed by atoms with Crippen molar-refractivity contribution in [2.45, 2.75) is 37.5 Å². The first-order valence-corrected chi connectivity index (χ1v) is 8.79. The van der Waals surface area contributed by atoms with Crippen LogP contribution in [0.5, 0.6) is 0 Å². The van der Waals surface area contributed by atoms with Crippen LogP contribution in [0.25, 0.3) is 0 Å². The minimum Gasteiger partial charge on any atom is -0.481 e. The molecule has 2 aliphatic rings. The molecule has 2 aliphatic carbocycles. The molecule has 1 saturated carbocycles. The number of fused-ring (bicyclic) bond motifs is 2. The number of nitrogens with one attached hydrogen (secondary N) is 1. The molecule has 4 rings (SSSR count). The van der Waals surface area contributed by atoms with E-state index in [-0.39, 0.29) is 23.7 Å². The van der Waals surface area contributed by atoms with Crippen molar-refractivity contribution in [2.75, 3.05) is 5.32 Å². The van der Waals surface area contributed by atoms with E-state index >= 15 is 0 Å². The maximum atomic E-state index is 12.8. The van der Waals surface area contributed by atoms with Gasteiger partial charge >= 0.3 is 5.97 Å². The quantitative estimate of drug-likeness (QED) is 0.898. The molecule has 1 fully saturated rings. The summed E-state index contributed by atoms with van der Waals surface area (Å²) in [5.74, 6) is -0.910. The molecular weight excluding hydrogens is 314 g/mol. The van der Waals surface area contributed by atoms with Crippen LogP contribution in [0.4, 0.5) is 5.69 Å². The normalized spacial score (nSPS) is 23.8. The summed E-state index contributed by atoms with van der Waals surface area (Å²) in [6, 6.07) is 15.6. The average molecular weight is 335 g/mol. The molecule has 25 heavy (non-hydrogen) atoms. The van der Waals surface area contributed by atoms with Crippen LogP contribution in [0.1, 0.15) is 36.0 Å². The molecule has 0 heterocycles. The van der Waals surface area contributed by atoms with E-state index in [1.807, 2.05) is 6.07 Å². The highest BCUT2D eigenvalue weighted by atomic mass is 16.4. The van der Waals surface area contributed by atoms with Crippen molar-refractivity contribution in [3.63, 3.8) is 0 Å². The number of benzene rings is 2. The lowest BCUT2D eigenvalue weighted by Crippen LogP contribution is -2.25. The van der Waals surface area contributed by atoms with E-state index in [1.165, 1.54) is 11.1 Å². The third-order valence-corrected chi connectivity index (χ3v) is 5.63. The highest BCUT2D eigenvalue weighted by Crippen LogP contribution is 2.60. The average Bonchev–Trinajstić information content (AvgIpc) is 3.31. The number of para-hydroxylation sites is 1. The van der Waals surface area contributed by atoms with Crippen molar-refractivity contribution in [3.8, 4) is 0 Å². The Kier molecular flexibility index (Phi) is 3.83. The number of aliphatic carboxylic acids is 1. The van der Waals surface area contributed by atoms with Gasteiger partial charge in [0.2, 0.25) is 5.91 Å². The van der Waals surface area contributed by atoms with Crippen molar-refractivity contribution in [1.29, 1.82) is 0 Å². The van der Waals surface area contributed by atoms with Crippen LogP contribution in [-0.4, -0.2) is 17.0 Å². The summed E-state index contributed by atoms with van der Waals surface area (Å²) in [7, 11) is 0. The highest BCUT2D eigenvalue weighted by Gasteiger charge is 2.60. The number of carboxylic acids is 1. The Morgan fingerprint density at radius 1 is 1.12 bits per heavy atom. The van der Waals surface area contributed by atoms with Gasteiger partial charge in [-0.3, -0.25) is 9.59 Å². The van der Waals surface area contributed by atoms with Gasteiger partial charge in [-0.25, -0.2) is 0 Å². The van der Waals surface area contributed by atoms with Crippen LogP contribution in [-0.2, 0) is 27.8 Å². The number of carbonyl (C=O) groups is 2. The van der Waals surface area contributed by atoms with Gasteiger partial charge in [-0.1, -0.05) is 42.5 Å². The Hall–Kier alpha value is -2.62. The number of hydrogen-bond acceptors (Lipinski definition) is 2. The zero-order valence-corrected chi connectivity index (χ0v) is 14.0. The molecular formula is C21H21NO3. The van der Waals surface area contributed by atoms with E-state index in [0.29, 0.717) is 11.3 Å². The fraction of sp³-hybridized carbons (Fsp3) is 0.333. The van der Waals surface area contributed by atoms with Gasteiger partial charge < -0.3 is 10.4 Å². The smallest absolute Gasteiger partial charge is 0.307 e. The first kappa shape index (κ1) is 15.9. The van der Waals surface area contributed by atoms with E-state index in [0.717, 1.165) is 25.7 Å². The Labute approximate surface area is 146 Å². The number of amides is 1. The number of carboxylic acid groups (broad SMARTS) is 1. The van der Waals surface area contributed by atoms with Gasteiger partial charge in [-0.05, 0) is 48.4 Å². The van der Waals surface area contributed by atoms with E-state index in [9.17, 15) is 9.59 Å². The summed E-state index contributed by atoms with van der Waals surface area (Å²) in [5.41, 5.74) is 3.94. The molecule has 2 N–H and O–H groups in total. The van der Waals surface area contributed by atoms with E-state index in [1.54, 1.807) is 18.2 Å². The molecule has 2 atom stereocenters. The molecule has 0 radical (unpaired) electrons. The van der Waals surface area contributed by atoms with Crippen LogP contribution in [0, 0.1) is 5.92 Å². The van der Waals surface area contributed by atoms with Crippen molar-refractivity contribution in [2.24, 2.45) is 5.92 Å². The minimum absolute atomic E-state index is 0.00884. The molecule has 0 saturated heterocycles. The summed E-state index contributed by atoms with van der Waals surface area (Å²) in [4.78, 5) is 23.9. The maximum Gasteiger partial charge on any atom is 0.307 e. The summed E-state index contributed by atoms with van der Waals surface area (Å²) in [5, 5.41) is 12.0. The molecule has 2 aromatic carbocycles. The van der Waals surface area contributed by atoms with Crippen molar-refractivity contribution in [3.05, 3.63) is 65.2 Å². The molecule has 4 nitrogen and oxygen atoms in total. The van der Waals surface area contributed by atoms with Crippen molar-refractivity contribution < 1.29 is 14.7 Å². The predicted octanol–water partition coefficient (Wildman–Crippen LogP) is 3.55. The van der Waals surface area contributed by atoms with Crippen molar-refractivity contribution >= 4 is 17.6 Å². The Morgan fingerprint density at radius 3 is 2.72 bits per heavy atom. The number of anilines is 1. The molecule has 0 bridgehead atoms. The Morgan fingerprint density at radius 2 is 1.88 bits per heavy atom. The summed E-state index contributed by atoms with van der Waals surface area (Å²) < 4.78 is 0. The van der Waals surface area contributed by atoms with Gasteiger partial charge in [0.05, 0.1) is 6.42 Å². The molecule has 2 aromatic rings. The second kappa shape index (κ2) is 6.03. The molecule has 0 aliphatic heterocycles. The zero-order valence-electron chi connectivity index (χ0n) is 14.0. The minimum atomic E-state index is -0.897. The molecule has 1 spiro atoms. The van der Waals surface area contributed by atoms with Crippen LogP contribution in [0.2, 0.25) is 0 Å². The van der Waals surface area contributed by atoms with Gasteiger partial charge in [0, 0.05) is 17.0 Å². The van der Waals surface area contributed by atoms with Gasteiger partial charge in [-0.2, -0.15) is 0 Å². The lowest BCUT2D eigenvalue weighted by molar-refractivity contribution is -0.136. The van der Waals surface area contributed by atoms with E-state index < -0.39 is 5.97 Å². The topological polar surface area (TPSA) is 66.4 Å². The molecule has 4 heteroatoms. The lowest BCUT2D eigenvalue weighted by Gasteiger charge is -2.26. The van der Waals surface area contributed by atoms with Crippen LogP contribution < -0.4 is 5.32 Å². The molecule has 0 aromatic heterocycles. The predicted molar refractivity (Wildman–Crippen MR) is 95.6 cm³/mol. The SMILES string of the molecule is O=C(O)Cc1ccccc1NC(=O)[C@H]1C[C@@]12CCCc1ccccc12. The number of carbonyl (C=O) groups excluding carboxylic acids is 1. The van der Waals surface area contributed by atoms with Gasteiger partial charge in [0.1, 0.15) is 0 Å². The lowest BCUT2D eigenvalue weighted by atomic mass is 9.78. The maximum absolute atomic E-state index is 12.8. The first-order chi connectivity index (χ1) is 12.1. The largest absolute Gasteiger partial charge is 0.481 e. The first-order valence-electron chi connectivity index (χ1n) is 8.79. The monoisotopic (exact) mass is 335 g/mol. The molecule has 128 valence electrons. The third-order valence-electron chi connectivity index (χ3n) is 5.63. The second-order valence-electron chi connectivity index (χ2n) is 7.14. The number of aryl methyl sites for hydroxylation is 1. The van der Waals surface area contributed by atoms with Gasteiger partial charge in [-0.15, -0.1) is 0 Å². The highest BCUT2D eigenvalue weighted by molar-refractivity contribution is 5.97. The summed E-state index contributed by atoms with van der Waals surface area (Å²) in [6.07, 6.45) is 4.06. The Balaban J connectivity index is 1.55. The number of hydrogen-bond donors (Lipinski definition) is 2. The van der Waals surface area contributed by atoms with Crippen LogP contribution in [0.3, 0.4) is 0 Å². The fourth-order valence-corrected chi connectivity index (χ4v) is 4.36. The Bertz CT molecular complexity index is 845.